The van der Waals surface area contributed by atoms with Gasteiger partial charge in [0.2, 0.25) is 0 Å². The van der Waals surface area contributed by atoms with E-state index in [1.807, 2.05) is 37.3 Å². The van der Waals surface area contributed by atoms with Crippen molar-refractivity contribution in [2.75, 3.05) is 25.0 Å². The third-order valence-corrected chi connectivity index (χ3v) is 2.31. The average molecular weight is 236 g/mol. The van der Waals surface area contributed by atoms with E-state index in [9.17, 15) is 9.59 Å². The Balaban J connectivity index is 2.81. The number of carbonyl (C=O) groups is 2. The first-order chi connectivity index (χ1) is 8.06. The van der Waals surface area contributed by atoms with Crippen LogP contribution in [-0.4, -0.2) is 42.1 Å². The van der Waals surface area contributed by atoms with Crippen LogP contribution < -0.4 is 4.90 Å². The van der Waals surface area contributed by atoms with E-state index in [1.165, 1.54) is 16.8 Å². The highest BCUT2D eigenvalue weighted by Crippen LogP contribution is 2.14. The molecule has 0 aliphatic rings. The standard InChI is InChI=1S/C12H16N2O3/c1-3-14(10-7-5-4-6-8-10)12(17)13(2)9-11(15)16/h4-8H,3,9H2,1-2H3,(H,15,16). The molecule has 0 aromatic heterocycles. The van der Waals surface area contributed by atoms with Gasteiger partial charge in [0.25, 0.3) is 0 Å². The van der Waals surface area contributed by atoms with Gasteiger partial charge in [0.1, 0.15) is 6.54 Å². The lowest BCUT2D eigenvalue weighted by atomic mass is 10.3. The van der Waals surface area contributed by atoms with Crippen LogP contribution in [0.4, 0.5) is 10.5 Å². The van der Waals surface area contributed by atoms with Crippen molar-refractivity contribution in [2.45, 2.75) is 6.92 Å². The lowest BCUT2D eigenvalue weighted by molar-refractivity contribution is -0.137. The molecular formula is C12H16N2O3. The average Bonchev–Trinajstić information content (AvgIpc) is 2.30. The van der Waals surface area contributed by atoms with E-state index >= 15 is 0 Å². The molecule has 0 radical (unpaired) electrons. The fourth-order valence-electron chi connectivity index (χ4n) is 1.51. The zero-order valence-electron chi connectivity index (χ0n) is 9.96. The summed E-state index contributed by atoms with van der Waals surface area (Å²) in [5.41, 5.74) is 0.761. The van der Waals surface area contributed by atoms with Crippen molar-refractivity contribution < 1.29 is 14.7 Å². The monoisotopic (exact) mass is 236 g/mol. The van der Waals surface area contributed by atoms with E-state index in [1.54, 1.807) is 0 Å². The van der Waals surface area contributed by atoms with E-state index in [0.717, 1.165) is 5.69 Å². The molecule has 5 heteroatoms. The topological polar surface area (TPSA) is 60.9 Å². The van der Waals surface area contributed by atoms with Crippen LogP contribution in [0.1, 0.15) is 6.92 Å². The highest BCUT2D eigenvalue weighted by atomic mass is 16.4. The molecule has 92 valence electrons. The summed E-state index contributed by atoms with van der Waals surface area (Å²) < 4.78 is 0. The lowest BCUT2D eigenvalue weighted by Gasteiger charge is -2.26. The number of rotatable bonds is 4. The number of urea groups is 1. The van der Waals surface area contributed by atoms with Crippen LogP contribution >= 0.6 is 0 Å². The lowest BCUT2D eigenvalue weighted by Crippen LogP contribution is -2.43. The number of benzene rings is 1. The summed E-state index contributed by atoms with van der Waals surface area (Å²) in [7, 11) is 1.47. The predicted molar refractivity (Wildman–Crippen MR) is 65.1 cm³/mol. The number of anilines is 1. The second-order valence-electron chi connectivity index (χ2n) is 3.61. The van der Waals surface area contributed by atoms with Crippen LogP contribution in [0.2, 0.25) is 0 Å². The Kier molecular flexibility index (Phi) is 4.51. The van der Waals surface area contributed by atoms with Gasteiger partial charge in [-0.05, 0) is 19.1 Å². The molecule has 0 aliphatic carbocycles. The summed E-state index contributed by atoms with van der Waals surface area (Å²) in [4.78, 5) is 25.3. The summed E-state index contributed by atoms with van der Waals surface area (Å²) in [6.45, 7) is 2.04. The number of nitrogens with zero attached hydrogens (tertiary/aromatic N) is 2. The van der Waals surface area contributed by atoms with Crippen LogP contribution in [0.3, 0.4) is 0 Å². The summed E-state index contributed by atoms with van der Waals surface area (Å²) in [5, 5.41) is 8.65. The maximum absolute atomic E-state index is 12.0. The van der Waals surface area contributed by atoms with Crippen molar-refractivity contribution in [3.63, 3.8) is 0 Å². The Hall–Kier alpha value is -2.04. The summed E-state index contributed by atoms with van der Waals surface area (Å²) >= 11 is 0. The number of likely N-dealkylation sites (N-methyl/N-ethyl adjacent to an activating group) is 1. The maximum atomic E-state index is 12.0. The van der Waals surface area contributed by atoms with Gasteiger partial charge in [-0.1, -0.05) is 18.2 Å². The summed E-state index contributed by atoms with van der Waals surface area (Å²) in [5.74, 6) is -1.02. The quantitative estimate of drug-likeness (QED) is 0.864. The number of para-hydroxylation sites is 1. The SMILES string of the molecule is CCN(C(=O)N(C)CC(=O)O)c1ccccc1. The Morgan fingerprint density at radius 1 is 1.24 bits per heavy atom. The van der Waals surface area contributed by atoms with Crippen LogP contribution in [0.5, 0.6) is 0 Å². The van der Waals surface area contributed by atoms with Crippen LogP contribution in [-0.2, 0) is 4.79 Å². The maximum Gasteiger partial charge on any atom is 0.324 e. The molecule has 2 amide bonds. The van der Waals surface area contributed by atoms with Gasteiger partial charge >= 0.3 is 12.0 Å². The predicted octanol–water partition coefficient (Wildman–Crippen LogP) is 1.65. The van der Waals surface area contributed by atoms with Crippen LogP contribution in [0.25, 0.3) is 0 Å². The molecule has 17 heavy (non-hydrogen) atoms. The molecule has 1 aromatic rings. The number of carboxylic acids is 1. The fraction of sp³-hybridized carbons (Fsp3) is 0.333. The first-order valence-electron chi connectivity index (χ1n) is 5.35. The van der Waals surface area contributed by atoms with Gasteiger partial charge in [-0.2, -0.15) is 0 Å². The number of amides is 2. The largest absolute Gasteiger partial charge is 0.480 e. The van der Waals surface area contributed by atoms with Crippen molar-refractivity contribution in [2.24, 2.45) is 0 Å². The van der Waals surface area contributed by atoms with E-state index in [2.05, 4.69) is 0 Å². The Morgan fingerprint density at radius 2 is 1.82 bits per heavy atom. The molecule has 0 bridgehead atoms. The number of carbonyl (C=O) groups excluding carboxylic acids is 1. The second-order valence-corrected chi connectivity index (χ2v) is 3.61. The van der Waals surface area contributed by atoms with Gasteiger partial charge in [0.05, 0.1) is 0 Å². The number of hydrogen-bond donors (Lipinski definition) is 1. The van der Waals surface area contributed by atoms with Crippen molar-refractivity contribution in [3.05, 3.63) is 30.3 Å². The molecule has 1 rings (SSSR count). The van der Waals surface area contributed by atoms with Gasteiger partial charge in [0.15, 0.2) is 0 Å². The van der Waals surface area contributed by atoms with Crippen molar-refractivity contribution in [1.29, 1.82) is 0 Å². The van der Waals surface area contributed by atoms with Crippen molar-refractivity contribution >= 4 is 17.7 Å². The highest BCUT2D eigenvalue weighted by molar-refractivity contribution is 5.93. The third kappa shape index (κ3) is 3.48. The highest BCUT2D eigenvalue weighted by Gasteiger charge is 2.19. The smallest absolute Gasteiger partial charge is 0.324 e. The number of hydrogen-bond acceptors (Lipinski definition) is 2. The Labute approximate surface area is 100 Å². The first-order valence-corrected chi connectivity index (χ1v) is 5.35. The molecule has 0 saturated carbocycles. The minimum atomic E-state index is -1.02. The van der Waals surface area contributed by atoms with E-state index in [-0.39, 0.29) is 12.6 Å². The molecule has 0 atom stereocenters. The van der Waals surface area contributed by atoms with Crippen molar-refractivity contribution in [3.8, 4) is 0 Å². The second kappa shape index (κ2) is 5.89. The minimum absolute atomic E-state index is 0.303. The zero-order valence-corrected chi connectivity index (χ0v) is 9.96. The molecule has 1 N–H and O–H groups in total. The van der Waals surface area contributed by atoms with E-state index in [0.29, 0.717) is 6.54 Å². The molecule has 0 aliphatic heterocycles. The van der Waals surface area contributed by atoms with Gasteiger partial charge in [-0.15, -0.1) is 0 Å². The Morgan fingerprint density at radius 3 is 2.29 bits per heavy atom. The van der Waals surface area contributed by atoms with Gasteiger partial charge < -0.3 is 10.0 Å². The van der Waals surface area contributed by atoms with E-state index in [4.69, 9.17) is 5.11 Å². The summed E-state index contributed by atoms with van der Waals surface area (Å²) in [6, 6.07) is 8.85. The van der Waals surface area contributed by atoms with Gasteiger partial charge in [-0.25, -0.2) is 4.79 Å². The molecule has 5 nitrogen and oxygen atoms in total. The zero-order chi connectivity index (χ0) is 12.8. The minimum Gasteiger partial charge on any atom is -0.480 e. The number of aliphatic carboxylic acids is 1. The van der Waals surface area contributed by atoms with E-state index < -0.39 is 5.97 Å². The van der Waals surface area contributed by atoms with Crippen LogP contribution in [0.15, 0.2) is 30.3 Å². The summed E-state index contributed by atoms with van der Waals surface area (Å²) in [6.07, 6.45) is 0. The molecule has 0 unspecified atom stereocenters. The molecule has 1 aromatic carbocycles. The van der Waals surface area contributed by atoms with Crippen LogP contribution in [0, 0.1) is 0 Å². The Bertz CT molecular complexity index is 392. The van der Waals surface area contributed by atoms with Gasteiger partial charge in [0, 0.05) is 19.3 Å². The number of carboxylic acid groups (broad SMARTS) is 1. The normalized spacial score (nSPS) is 9.76. The van der Waals surface area contributed by atoms with Gasteiger partial charge in [-0.3, -0.25) is 9.69 Å². The molecular weight excluding hydrogens is 220 g/mol. The molecule has 0 spiro atoms. The molecule has 0 heterocycles. The fourth-order valence-corrected chi connectivity index (χ4v) is 1.51. The van der Waals surface area contributed by atoms with Crippen molar-refractivity contribution in [1.82, 2.24) is 4.90 Å². The molecule has 0 fully saturated rings. The first kappa shape index (κ1) is 13.0. The molecule has 0 saturated heterocycles. The third-order valence-electron chi connectivity index (χ3n) is 2.31.